The summed E-state index contributed by atoms with van der Waals surface area (Å²) in [5.41, 5.74) is 5.69. The van der Waals surface area contributed by atoms with Crippen LogP contribution in [0.2, 0.25) is 0 Å². The first-order valence-corrected chi connectivity index (χ1v) is 8.15. The van der Waals surface area contributed by atoms with Crippen LogP contribution in [-0.2, 0) is 6.54 Å². The van der Waals surface area contributed by atoms with E-state index in [0.29, 0.717) is 24.3 Å². The maximum Gasteiger partial charge on any atom is 0.293 e. The molecule has 1 fully saturated rings. The highest BCUT2D eigenvalue weighted by atomic mass is 16.1. The topological polar surface area (TPSA) is 64.2 Å². The van der Waals surface area contributed by atoms with E-state index in [1.54, 1.807) is 17.0 Å². The van der Waals surface area contributed by atoms with Crippen LogP contribution in [0, 0.1) is 5.92 Å². The van der Waals surface area contributed by atoms with Crippen molar-refractivity contribution < 1.29 is 0 Å². The third kappa shape index (κ3) is 4.06. The molecule has 0 spiro atoms. The van der Waals surface area contributed by atoms with Gasteiger partial charge in [-0.3, -0.25) is 4.79 Å². The maximum atomic E-state index is 12.7. The minimum absolute atomic E-state index is 0.0371. The number of nitrogens with zero attached hydrogens (tertiary/aromatic N) is 3. The van der Waals surface area contributed by atoms with Crippen molar-refractivity contribution in [1.82, 2.24) is 9.55 Å². The normalized spacial score (nSPS) is 15.8. The van der Waals surface area contributed by atoms with Crippen molar-refractivity contribution in [2.24, 2.45) is 11.7 Å². The summed E-state index contributed by atoms with van der Waals surface area (Å²) in [6.07, 6.45) is 9.25. The molecule has 2 rings (SSSR count). The van der Waals surface area contributed by atoms with Crippen molar-refractivity contribution in [3.05, 3.63) is 22.7 Å². The summed E-state index contributed by atoms with van der Waals surface area (Å²) in [6.45, 7) is 6.46. The molecule has 0 aliphatic heterocycles. The molecule has 1 aromatic rings. The standard InChI is InChI=1S/C16H28N4O/c1-13(2)12-19-11-9-18-15(16(19)21)20(10-5-8-17)14-6-3-4-7-14/h9,11,13-14H,3-8,10,12,17H2,1-2H3. The van der Waals surface area contributed by atoms with E-state index in [4.69, 9.17) is 5.73 Å². The number of anilines is 1. The molecular formula is C16H28N4O. The lowest BCUT2D eigenvalue weighted by atomic mass is 10.2. The summed E-state index contributed by atoms with van der Waals surface area (Å²) in [5, 5.41) is 0. The summed E-state index contributed by atoms with van der Waals surface area (Å²) < 4.78 is 1.79. The van der Waals surface area contributed by atoms with Gasteiger partial charge in [0.1, 0.15) is 0 Å². The zero-order valence-electron chi connectivity index (χ0n) is 13.3. The van der Waals surface area contributed by atoms with Gasteiger partial charge in [-0.05, 0) is 31.7 Å². The number of aromatic nitrogens is 2. The highest BCUT2D eigenvalue weighted by Crippen LogP contribution is 2.25. The highest BCUT2D eigenvalue weighted by Gasteiger charge is 2.25. The average Bonchev–Trinajstić information content (AvgIpc) is 2.96. The number of nitrogens with two attached hydrogens (primary N) is 1. The third-order valence-corrected chi connectivity index (χ3v) is 4.10. The van der Waals surface area contributed by atoms with E-state index >= 15 is 0 Å². The molecule has 0 radical (unpaired) electrons. The average molecular weight is 292 g/mol. The van der Waals surface area contributed by atoms with Crippen LogP contribution in [-0.4, -0.2) is 28.7 Å². The molecule has 2 N–H and O–H groups in total. The maximum absolute atomic E-state index is 12.7. The molecule has 0 atom stereocenters. The van der Waals surface area contributed by atoms with E-state index in [0.717, 1.165) is 32.4 Å². The van der Waals surface area contributed by atoms with Gasteiger partial charge in [-0.15, -0.1) is 0 Å². The van der Waals surface area contributed by atoms with Crippen LogP contribution < -0.4 is 16.2 Å². The molecule has 1 heterocycles. The van der Waals surface area contributed by atoms with Gasteiger partial charge in [-0.25, -0.2) is 4.98 Å². The minimum Gasteiger partial charge on any atom is -0.349 e. The Morgan fingerprint density at radius 1 is 1.43 bits per heavy atom. The summed E-state index contributed by atoms with van der Waals surface area (Å²) >= 11 is 0. The lowest BCUT2D eigenvalue weighted by Gasteiger charge is -2.29. The predicted octanol–water partition coefficient (Wildman–Crippen LogP) is 2.00. The monoisotopic (exact) mass is 292 g/mol. The van der Waals surface area contributed by atoms with Crippen LogP contribution in [0.25, 0.3) is 0 Å². The van der Waals surface area contributed by atoms with E-state index in [1.807, 2.05) is 0 Å². The summed E-state index contributed by atoms with van der Waals surface area (Å²) in [4.78, 5) is 19.3. The molecule has 5 heteroatoms. The van der Waals surface area contributed by atoms with E-state index in [-0.39, 0.29) is 5.56 Å². The fraction of sp³-hybridized carbons (Fsp3) is 0.750. The van der Waals surface area contributed by atoms with Crippen LogP contribution in [0.3, 0.4) is 0 Å². The molecule has 0 bridgehead atoms. The van der Waals surface area contributed by atoms with Gasteiger partial charge in [0, 0.05) is 31.5 Å². The zero-order chi connectivity index (χ0) is 15.2. The Hall–Kier alpha value is -1.36. The molecule has 118 valence electrons. The first-order chi connectivity index (χ1) is 10.1. The summed E-state index contributed by atoms with van der Waals surface area (Å²) in [5.74, 6) is 1.06. The Morgan fingerprint density at radius 3 is 2.76 bits per heavy atom. The van der Waals surface area contributed by atoms with Gasteiger partial charge in [0.05, 0.1) is 0 Å². The molecule has 0 unspecified atom stereocenters. The van der Waals surface area contributed by atoms with Crippen molar-refractivity contribution in [1.29, 1.82) is 0 Å². The molecule has 0 amide bonds. The highest BCUT2D eigenvalue weighted by molar-refractivity contribution is 5.37. The second-order valence-electron chi connectivity index (χ2n) is 6.38. The van der Waals surface area contributed by atoms with E-state index in [1.165, 1.54) is 12.8 Å². The van der Waals surface area contributed by atoms with Crippen molar-refractivity contribution in [2.75, 3.05) is 18.0 Å². The minimum atomic E-state index is 0.0371. The second kappa shape index (κ2) is 7.59. The van der Waals surface area contributed by atoms with Gasteiger partial charge >= 0.3 is 0 Å². The summed E-state index contributed by atoms with van der Waals surface area (Å²) in [7, 11) is 0. The molecule has 0 saturated heterocycles. The van der Waals surface area contributed by atoms with Crippen molar-refractivity contribution in [2.45, 2.75) is 58.5 Å². The van der Waals surface area contributed by atoms with Gasteiger partial charge in [0.15, 0.2) is 5.82 Å². The largest absolute Gasteiger partial charge is 0.349 e. The Morgan fingerprint density at radius 2 is 2.14 bits per heavy atom. The predicted molar refractivity (Wildman–Crippen MR) is 86.6 cm³/mol. The smallest absolute Gasteiger partial charge is 0.293 e. The number of hydrogen-bond donors (Lipinski definition) is 1. The van der Waals surface area contributed by atoms with Crippen LogP contribution in [0.1, 0.15) is 46.0 Å². The van der Waals surface area contributed by atoms with Crippen LogP contribution in [0.4, 0.5) is 5.82 Å². The lowest BCUT2D eigenvalue weighted by Crippen LogP contribution is -2.41. The Labute approximate surface area is 127 Å². The Balaban J connectivity index is 2.28. The molecule has 21 heavy (non-hydrogen) atoms. The van der Waals surface area contributed by atoms with Crippen molar-refractivity contribution in [3.63, 3.8) is 0 Å². The zero-order valence-corrected chi connectivity index (χ0v) is 13.3. The first-order valence-electron chi connectivity index (χ1n) is 8.15. The van der Waals surface area contributed by atoms with Crippen LogP contribution in [0.15, 0.2) is 17.2 Å². The van der Waals surface area contributed by atoms with Crippen LogP contribution >= 0.6 is 0 Å². The molecule has 1 saturated carbocycles. The second-order valence-corrected chi connectivity index (χ2v) is 6.38. The van der Waals surface area contributed by atoms with Gasteiger partial charge in [0.2, 0.25) is 0 Å². The van der Waals surface area contributed by atoms with Gasteiger partial charge in [-0.2, -0.15) is 0 Å². The Bertz CT molecular complexity index is 491. The van der Waals surface area contributed by atoms with Crippen molar-refractivity contribution in [3.8, 4) is 0 Å². The fourth-order valence-corrected chi connectivity index (χ4v) is 3.11. The van der Waals surface area contributed by atoms with Gasteiger partial charge in [-0.1, -0.05) is 26.7 Å². The van der Waals surface area contributed by atoms with Crippen molar-refractivity contribution >= 4 is 5.82 Å². The van der Waals surface area contributed by atoms with Gasteiger partial charge < -0.3 is 15.2 Å². The number of rotatable bonds is 7. The molecule has 5 nitrogen and oxygen atoms in total. The van der Waals surface area contributed by atoms with E-state index in [2.05, 4.69) is 23.7 Å². The molecule has 1 aliphatic carbocycles. The lowest BCUT2D eigenvalue weighted by molar-refractivity contribution is 0.503. The molecule has 0 aromatic carbocycles. The quantitative estimate of drug-likeness (QED) is 0.835. The third-order valence-electron chi connectivity index (χ3n) is 4.10. The number of hydrogen-bond acceptors (Lipinski definition) is 4. The molecular weight excluding hydrogens is 264 g/mol. The summed E-state index contributed by atoms with van der Waals surface area (Å²) in [6, 6.07) is 0.451. The molecule has 1 aliphatic rings. The first kappa shape index (κ1) is 16.0. The molecule has 1 aromatic heterocycles. The fourth-order valence-electron chi connectivity index (χ4n) is 3.11. The van der Waals surface area contributed by atoms with E-state index in [9.17, 15) is 4.79 Å². The van der Waals surface area contributed by atoms with Gasteiger partial charge in [0.25, 0.3) is 5.56 Å². The van der Waals surface area contributed by atoms with E-state index < -0.39 is 0 Å². The Kier molecular flexibility index (Phi) is 5.79. The SMILES string of the molecule is CC(C)Cn1ccnc(N(CCCN)C2CCCC2)c1=O. The van der Waals surface area contributed by atoms with Crippen LogP contribution in [0.5, 0.6) is 0 Å².